The van der Waals surface area contributed by atoms with Gasteiger partial charge in [0.1, 0.15) is 5.75 Å². The van der Waals surface area contributed by atoms with Gasteiger partial charge in [-0.05, 0) is 41.0 Å². The van der Waals surface area contributed by atoms with Gasteiger partial charge >= 0.3 is 6.61 Å². The molecule has 6 heteroatoms. The van der Waals surface area contributed by atoms with Gasteiger partial charge in [0.05, 0.1) is 0 Å². The minimum absolute atomic E-state index is 0.0302. The van der Waals surface area contributed by atoms with Gasteiger partial charge in [-0.15, -0.1) is 0 Å². The van der Waals surface area contributed by atoms with Gasteiger partial charge in [0.2, 0.25) is 0 Å². The minimum atomic E-state index is -2.96. The second kappa shape index (κ2) is 11.7. The van der Waals surface area contributed by atoms with Crippen molar-refractivity contribution in [2.45, 2.75) is 6.61 Å². The summed E-state index contributed by atoms with van der Waals surface area (Å²) in [6.07, 6.45) is 1.65. The molecule has 4 nitrogen and oxygen atoms in total. The highest BCUT2D eigenvalue weighted by atomic mass is 19.3. The molecule has 0 N–H and O–H groups in total. The molecule has 1 aliphatic rings. The van der Waals surface area contributed by atoms with Gasteiger partial charge in [-0.25, -0.2) is 0 Å². The molecule has 38 heavy (non-hydrogen) atoms. The van der Waals surface area contributed by atoms with Crippen LogP contribution in [0, 0.1) is 0 Å². The predicted octanol–water partition coefficient (Wildman–Crippen LogP) is 6.84. The van der Waals surface area contributed by atoms with E-state index in [9.17, 15) is 13.6 Å². The van der Waals surface area contributed by atoms with Crippen LogP contribution in [0.4, 0.5) is 14.5 Å². The van der Waals surface area contributed by atoms with Crippen LogP contribution in [-0.4, -0.2) is 43.6 Å². The molecule has 0 unspecified atom stereocenters. The number of carbonyl (C=O) groups is 1. The number of ether oxygens (including phenoxy) is 1. The van der Waals surface area contributed by atoms with Crippen LogP contribution in [-0.2, 0) is 4.79 Å². The normalized spacial score (nSPS) is 14.0. The Hall–Kier alpha value is -4.45. The molecule has 0 spiro atoms. The third-order valence-electron chi connectivity index (χ3n) is 6.66. The van der Waals surface area contributed by atoms with Crippen LogP contribution in [0.15, 0.2) is 109 Å². The Morgan fingerprint density at radius 1 is 0.711 bits per heavy atom. The Balaban J connectivity index is 1.45. The molecule has 0 aromatic heterocycles. The lowest BCUT2D eigenvalue weighted by molar-refractivity contribution is -0.125. The van der Waals surface area contributed by atoms with Crippen molar-refractivity contribution in [1.82, 2.24) is 4.90 Å². The summed E-state index contributed by atoms with van der Waals surface area (Å²) < 4.78 is 30.9. The van der Waals surface area contributed by atoms with Crippen LogP contribution >= 0.6 is 0 Å². The van der Waals surface area contributed by atoms with Crippen LogP contribution in [0.5, 0.6) is 5.75 Å². The first-order valence-electron chi connectivity index (χ1n) is 12.6. The minimum Gasteiger partial charge on any atom is -0.434 e. The molecular formula is C32H28F2N2O2. The van der Waals surface area contributed by atoms with E-state index in [2.05, 4.69) is 17.0 Å². The highest BCUT2D eigenvalue weighted by Gasteiger charge is 2.25. The molecule has 5 rings (SSSR count). The van der Waals surface area contributed by atoms with E-state index >= 15 is 0 Å². The Kier molecular flexibility index (Phi) is 7.78. The molecule has 1 fully saturated rings. The van der Waals surface area contributed by atoms with Crippen LogP contribution < -0.4 is 9.64 Å². The van der Waals surface area contributed by atoms with Crippen LogP contribution in [0.1, 0.15) is 11.1 Å². The van der Waals surface area contributed by atoms with Crippen molar-refractivity contribution in [3.05, 3.63) is 120 Å². The van der Waals surface area contributed by atoms with Gasteiger partial charge in [-0.2, -0.15) is 8.78 Å². The summed E-state index contributed by atoms with van der Waals surface area (Å²) in [5, 5.41) is 0. The van der Waals surface area contributed by atoms with Crippen molar-refractivity contribution in [3.63, 3.8) is 0 Å². The number of amides is 1. The molecule has 0 bridgehead atoms. The van der Waals surface area contributed by atoms with Crippen molar-refractivity contribution in [3.8, 4) is 16.9 Å². The predicted molar refractivity (Wildman–Crippen MR) is 148 cm³/mol. The van der Waals surface area contributed by atoms with Crippen LogP contribution in [0.25, 0.3) is 22.8 Å². The second-order valence-electron chi connectivity index (χ2n) is 9.03. The number of benzene rings is 4. The molecular weight excluding hydrogens is 482 g/mol. The quantitative estimate of drug-likeness (QED) is 0.202. The summed E-state index contributed by atoms with van der Waals surface area (Å²) in [7, 11) is 0. The third-order valence-corrected chi connectivity index (χ3v) is 6.66. The molecule has 0 saturated carbocycles. The first-order chi connectivity index (χ1) is 18.6. The van der Waals surface area contributed by atoms with Gasteiger partial charge in [-0.1, -0.05) is 91.0 Å². The van der Waals surface area contributed by atoms with Crippen LogP contribution in [0.3, 0.4) is 0 Å². The zero-order valence-electron chi connectivity index (χ0n) is 20.8. The number of hydrogen-bond donors (Lipinski definition) is 0. The monoisotopic (exact) mass is 510 g/mol. The number of rotatable bonds is 7. The summed E-state index contributed by atoms with van der Waals surface area (Å²) in [6.45, 7) is -0.424. The highest BCUT2D eigenvalue weighted by molar-refractivity contribution is 6.24. The lowest BCUT2D eigenvalue weighted by Crippen LogP contribution is -2.49. The molecule has 192 valence electrons. The van der Waals surface area contributed by atoms with Crippen LogP contribution in [0.2, 0.25) is 0 Å². The van der Waals surface area contributed by atoms with Gasteiger partial charge in [0, 0.05) is 43.0 Å². The summed E-state index contributed by atoms with van der Waals surface area (Å²) >= 11 is 0. The summed E-state index contributed by atoms with van der Waals surface area (Å²) in [5.74, 6) is -0.111. The summed E-state index contributed by atoms with van der Waals surface area (Å²) in [6, 6.07) is 34.4. The maximum absolute atomic E-state index is 13.9. The largest absolute Gasteiger partial charge is 0.434 e. The first-order valence-corrected chi connectivity index (χ1v) is 12.6. The van der Waals surface area contributed by atoms with E-state index in [0.29, 0.717) is 42.9 Å². The standard InChI is InChI=1S/C32H28F2N2O2/c33-32(34)38-30-14-8-7-11-27(30)23-29(26-17-15-25(16-18-26)24-9-3-1-4-10-24)31(37)36-21-19-35(20-22-36)28-12-5-2-6-13-28/h1-18,23,32H,19-22H2/b29-23-. The number of halogens is 2. The van der Waals surface area contributed by atoms with Gasteiger partial charge < -0.3 is 14.5 Å². The van der Waals surface area contributed by atoms with Crippen molar-refractivity contribution >= 4 is 23.2 Å². The van der Waals surface area contributed by atoms with E-state index in [1.54, 1.807) is 24.3 Å². The number of hydrogen-bond acceptors (Lipinski definition) is 3. The Morgan fingerprint density at radius 3 is 1.95 bits per heavy atom. The fraction of sp³-hybridized carbons (Fsp3) is 0.156. The molecule has 1 amide bonds. The fourth-order valence-electron chi connectivity index (χ4n) is 4.68. The SMILES string of the molecule is O=C(/C(=C\c1ccccc1OC(F)F)c1ccc(-c2ccccc2)cc1)N1CCN(c2ccccc2)CC1. The molecule has 0 radical (unpaired) electrons. The topological polar surface area (TPSA) is 32.8 Å². The average Bonchev–Trinajstić information content (AvgIpc) is 2.97. The fourth-order valence-corrected chi connectivity index (χ4v) is 4.68. The molecule has 1 saturated heterocycles. The van der Waals surface area contributed by atoms with Crippen molar-refractivity contribution < 1.29 is 18.3 Å². The van der Waals surface area contributed by atoms with Crippen molar-refractivity contribution in [2.24, 2.45) is 0 Å². The van der Waals surface area contributed by atoms with E-state index in [1.165, 1.54) is 6.07 Å². The van der Waals surface area contributed by atoms with Gasteiger partial charge in [0.25, 0.3) is 5.91 Å². The lowest BCUT2D eigenvalue weighted by atomic mass is 9.97. The first kappa shape index (κ1) is 25.2. The van der Waals surface area contributed by atoms with E-state index in [1.807, 2.05) is 77.7 Å². The van der Waals surface area contributed by atoms with E-state index in [-0.39, 0.29) is 11.7 Å². The van der Waals surface area contributed by atoms with Crippen molar-refractivity contribution in [1.29, 1.82) is 0 Å². The van der Waals surface area contributed by atoms with E-state index in [0.717, 1.165) is 16.8 Å². The number of piperazine rings is 1. The number of anilines is 1. The summed E-state index contributed by atoms with van der Waals surface area (Å²) in [5.41, 5.74) is 4.80. The maximum atomic E-state index is 13.9. The Bertz CT molecular complexity index is 1380. The zero-order valence-corrected chi connectivity index (χ0v) is 20.8. The van der Waals surface area contributed by atoms with Gasteiger partial charge in [0.15, 0.2) is 0 Å². The van der Waals surface area contributed by atoms with Crippen molar-refractivity contribution in [2.75, 3.05) is 31.1 Å². The van der Waals surface area contributed by atoms with Gasteiger partial charge in [-0.3, -0.25) is 4.79 Å². The van der Waals surface area contributed by atoms with E-state index in [4.69, 9.17) is 4.74 Å². The third kappa shape index (κ3) is 5.92. The Morgan fingerprint density at radius 2 is 1.29 bits per heavy atom. The number of para-hydroxylation sites is 2. The number of alkyl halides is 2. The zero-order chi connectivity index (χ0) is 26.3. The number of carbonyl (C=O) groups excluding carboxylic acids is 1. The molecule has 4 aromatic rings. The smallest absolute Gasteiger partial charge is 0.387 e. The highest BCUT2D eigenvalue weighted by Crippen LogP contribution is 2.29. The Labute approximate surface area is 221 Å². The average molecular weight is 511 g/mol. The molecule has 0 atom stereocenters. The summed E-state index contributed by atoms with van der Waals surface area (Å²) in [4.78, 5) is 18.0. The molecule has 0 aliphatic carbocycles. The molecule has 1 heterocycles. The number of nitrogens with zero attached hydrogens (tertiary/aromatic N) is 2. The maximum Gasteiger partial charge on any atom is 0.387 e. The molecule has 4 aromatic carbocycles. The lowest BCUT2D eigenvalue weighted by Gasteiger charge is -2.36. The van der Waals surface area contributed by atoms with E-state index < -0.39 is 6.61 Å². The second-order valence-corrected chi connectivity index (χ2v) is 9.03. The molecule has 1 aliphatic heterocycles.